The van der Waals surface area contributed by atoms with Crippen molar-refractivity contribution in [2.24, 2.45) is 0 Å². The summed E-state index contributed by atoms with van der Waals surface area (Å²) in [6.07, 6.45) is 1.60. The molecule has 0 saturated carbocycles. The summed E-state index contributed by atoms with van der Waals surface area (Å²) in [5.74, 6) is 0.773. The Morgan fingerprint density at radius 2 is 1.93 bits per heavy atom. The van der Waals surface area contributed by atoms with Gasteiger partial charge in [-0.3, -0.25) is 14.5 Å². The Balaban J connectivity index is 1.69. The van der Waals surface area contributed by atoms with Crippen molar-refractivity contribution in [1.82, 2.24) is 4.90 Å². The second-order valence-electron chi connectivity index (χ2n) is 6.12. The van der Waals surface area contributed by atoms with Crippen LogP contribution >= 0.6 is 27.7 Å². The van der Waals surface area contributed by atoms with Crippen LogP contribution in [-0.2, 0) is 4.79 Å². The SMILES string of the molecule is Cc1ccc(OCCN2C(=O)SC(=Cc3cc(Br)ccc3OCC#N)C2=O)cc1. The zero-order valence-corrected chi connectivity index (χ0v) is 18.0. The molecule has 0 N–H and O–H groups in total. The summed E-state index contributed by atoms with van der Waals surface area (Å²) in [6, 6.07) is 14.7. The lowest BCUT2D eigenvalue weighted by atomic mass is 10.2. The van der Waals surface area contributed by atoms with E-state index in [0.717, 1.165) is 21.8 Å². The van der Waals surface area contributed by atoms with Crippen molar-refractivity contribution in [2.45, 2.75) is 6.92 Å². The van der Waals surface area contributed by atoms with Crippen LogP contribution in [0.5, 0.6) is 11.5 Å². The number of amides is 2. The largest absolute Gasteiger partial charge is 0.492 e. The fraction of sp³-hybridized carbons (Fsp3) is 0.190. The highest BCUT2D eigenvalue weighted by atomic mass is 79.9. The fourth-order valence-electron chi connectivity index (χ4n) is 2.60. The molecule has 6 nitrogen and oxygen atoms in total. The molecule has 1 heterocycles. The third-order valence-electron chi connectivity index (χ3n) is 4.03. The van der Waals surface area contributed by atoms with Crippen LogP contribution < -0.4 is 9.47 Å². The normalized spacial score (nSPS) is 14.9. The molecule has 1 aliphatic rings. The molecule has 8 heteroatoms. The molecule has 29 heavy (non-hydrogen) atoms. The maximum Gasteiger partial charge on any atom is 0.293 e. The Hall–Kier alpha value is -2.76. The Bertz CT molecular complexity index is 999. The zero-order valence-electron chi connectivity index (χ0n) is 15.6. The quantitative estimate of drug-likeness (QED) is 0.539. The van der Waals surface area contributed by atoms with Gasteiger partial charge in [-0.05, 0) is 55.1 Å². The number of aryl methyl sites for hydroxylation is 1. The number of carbonyl (C=O) groups is 2. The number of nitriles is 1. The van der Waals surface area contributed by atoms with Crippen LogP contribution in [0.2, 0.25) is 0 Å². The van der Waals surface area contributed by atoms with Crippen LogP contribution in [0.4, 0.5) is 4.79 Å². The lowest BCUT2D eigenvalue weighted by Crippen LogP contribution is -2.32. The molecular weight excluding hydrogens is 456 g/mol. The van der Waals surface area contributed by atoms with Crippen LogP contribution in [0.3, 0.4) is 0 Å². The molecule has 148 valence electrons. The summed E-state index contributed by atoms with van der Waals surface area (Å²) >= 11 is 4.25. The predicted octanol–water partition coefficient (Wildman–Crippen LogP) is 4.78. The molecule has 1 saturated heterocycles. The van der Waals surface area contributed by atoms with Gasteiger partial charge in [0.2, 0.25) is 0 Å². The molecular formula is C21H17BrN2O4S. The highest BCUT2D eigenvalue weighted by Crippen LogP contribution is 2.34. The highest BCUT2D eigenvalue weighted by molar-refractivity contribution is 9.10. The third-order valence-corrected chi connectivity index (χ3v) is 5.43. The van der Waals surface area contributed by atoms with Gasteiger partial charge in [0.15, 0.2) is 6.61 Å². The summed E-state index contributed by atoms with van der Waals surface area (Å²) in [4.78, 5) is 26.4. The van der Waals surface area contributed by atoms with Crippen LogP contribution in [0.15, 0.2) is 51.8 Å². The van der Waals surface area contributed by atoms with Gasteiger partial charge < -0.3 is 9.47 Å². The van der Waals surface area contributed by atoms with Crippen molar-refractivity contribution in [3.8, 4) is 17.6 Å². The molecule has 2 aromatic carbocycles. The average Bonchev–Trinajstić information content (AvgIpc) is 2.96. The van der Waals surface area contributed by atoms with E-state index in [0.29, 0.717) is 22.0 Å². The van der Waals surface area contributed by atoms with E-state index in [1.165, 1.54) is 4.90 Å². The number of carbonyl (C=O) groups excluding carboxylic acids is 2. The van der Waals surface area contributed by atoms with Crippen molar-refractivity contribution in [1.29, 1.82) is 5.26 Å². The van der Waals surface area contributed by atoms with Gasteiger partial charge in [-0.25, -0.2) is 0 Å². The van der Waals surface area contributed by atoms with Gasteiger partial charge in [-0.15, -0.1) is 0 Å². The Kier molecular flexibility index (Phi) is 6.96. The summed E-state index contributed by atoms with van der Waals surface area (Å²) in [5.41, 5.74) is 1.73. The summed E-state index contributed by atoms with van der Waals surface area (Å²) in [5, 5.41) is 8.38. The summed E-state index contributed by atoms with van der Waals surface area (Å²) in [7, 11) is 0. The minimum absolute atomic E-state index is 0.111. The van der Waals surface area contributed by atoms with Gasteiger partial charge >= 0.3 is 0 Å². The smallest absolute Gasteiger partial charge is 0.293 e. The monoisotopic (exact) mass is 472 g/mol. The van der Waals surface area contributed by atoms with Gasteiger partial charge in [-0.2, -0.15) is 5.26 Å². The molecule has 2 aromatic rings. The first-order chi connectivity index (χ1) is 14.0. The fourth-order valence-corrected chi connectivity index (χ4v) is 3.83. The minimum atomic E-state index is -0.376. The zero-order chi connectivity index (χ0) is 20.8. The average molecular weight is 473 g/mol. The number of imide groups is 1. The van der Waals surface area contributed by atoms with Crippen molar-refractivity contribution in [3.63, 3.8) is 0 Å². The number of rotatable bonds is 7. The van der Waals surface area contributed by atoms with Gasteiger partial charge in [0.05, 0.1) is 11.4 Å². The molecule has 1 aliphatic heterocycles. The minimum Gasteiger partial charge on any atom is -0.492 e. The van der Waals surface area contributed by atoms with Crippen LogP contribution in [0.25, 0.3) is 6.08 Å². The van der Waals surface area contributed by atoms with E-state index in [-0.39, 0.29) is 30.9 Å². The van der Waals surface area contributed by atoms with Crippen molar-refractivity contribution >= 4 is 44.9 Å². The molecule has 0 spiro atoms. The second kappa shape index (κ2) is 9.63. The topological polar surface area (TPSA) is 79.6 Å². The van der Waals surface area contributed by atoms with Gasteiger partial charge in [0, 0.05) is 10.0 Å². The first kappa shape index (κ1) is 21.0. The maximum atomic E-state index is 12.7. The number of halogens is 1. The first-order valence-electron chi connectivity index (χ1n) is 8.72. The molecule has 0 bridgehead atoms. The number of hydrogen-bond acceptors (Lipinski definition) is 6. The van der Waals surface area contributed by atoms with E-state index >= 15 is 0 Å². The highest BCUT2D eigenvalue weighted by Gasteiger charge is 2.35. The maximum absolute atomic E-state index is 12.7. The standard InChI is InChI=1S/C21H17BrN2O4S/c1-14-2-5-17(6-3-14)27-11-9-24-20(25)19(29-21(24)26)13-15-12-16(22)4-7-18(15)28-10-8-23/h2-7,12-13H,9-11H2,1H3. The first-order valence-corrected chi connectivity index (χ1v) is 10.3. The van der Waals surface area contributed by atoms with E-state index in [9.17, 15) is 9.59 Å². The summed E-state index contributed by atoms with van der Waals surface area (Å²) in [6.45, 7) is 2.24. The van der Waals surface area contributed by atoms with E-state index in [1.807, 2.05) is 37.3 Å². The van der Waals surface area contributed by atoms with Crippen molar-refractivity contribution in [2.75, 3.05) is 19.8 Å². The third kappa shape index (κ3) is 5.40. The Labute approximate surface area is 181 Å². The number of nitrogens with zero attached hydrogens (tertiary/aromatic N) is 2. The lowest BCUT2D eigenvalue weighted by Gasteiger charge is -2.13. The molecule has 2 amide bonds. The van der Waals surface area contributed by atoms with Crippen molar-refractivity contribution < 1.29 is 19.1 Å². The van der Waals surface area contributed by atoms with Gasteiger partial charge in [0.25, 0.3) is 11.1 Å². The Morgan fingerprint density at radius 3 is 2.66 bits per heavy atom. The van der Waals surface area contributed by atoms with E-state index in [4.69, 9.17) is 14.7 Å². The number of ether oxygens (including phenoxy) is 2. The number of thioether (sulfide) groups is 1. The molecule has 0 atom stereocenters. The van der Waals surface area contributed by atoms with Crippen LogP contribution in [0, 0.1) is 18.3 Å². The summed E-state index contributed by atoms with van der Waals surface area (Å²) < 4.78 is 11.8. The molecule has 1 fully saturated rings. The van der Waals surface area contributed by atoms with E-state index in [2.05, 4.69) is 15.9 Å². The van der Waals surface area contributed by atoms with E-state index < -0.39 is 0 Å². The van der Waals surface area contributed by atoms with Crippen LogP contribution in [-0.4, -0.2) is 35.8 Å². The van der Waals surface area contributed by atoms with Gasteiger partial charge in [0.1, 0.15) is 24.2 Å². The second-order valence-corrected chi connectivity index (χ2v) is 8.03. The molecule has 0 aromatic heterocycles. The molecule has 0 radical (unpaired) electrons. The Morgan fingerprint density at radius 1 is 1.17 bits per heavy atom. The van der Waals surface area contributed by atoms with Gasteiger partial charge in [-0.1, -0.05) is 33.6 Å². The molecule has 3 rings (SSSR count). The molecule has 0 aliphatic carbocycles. The van der Waals surface area contributed by atoms with E-state index in [1.54, 1.807) is 24.3 Å². The van der Waals surface area contributed by atoms with Crippen molar-refractivity contribution in [3.05, 3.63) is 63.0 Å². The predicted molar refractivity (Wildman–Crippen MR) is 115 cm³/mol. The van der Waals surface area contributed by atoms with Crippen LogP contribution in [0.1, 0.15) is 11.1 Å². The number of hydrogen-bond donors (Lipinski definition) is 0. The lowest BCUT2D eigenvalue weighted by molar-refractivity contribution is -0.123. The number of benzene rings is 2. The molecule has 0 unspecified atom stereocenters.